The second-order valence-electron chi connectivity index (χ2n) is 7.33. The Kier molecular flexibility index (Phi) is 6.25. The van der Waals surface area contributed by atoms with Gasteiger partial charge in [-0.1, -0.05) is 58.0 Å². The third kappa shape index (κ3) is 5.12. The third-order valence-electron chi connectivity index (χ3n) is 4.47. The lowest BCUT2D eigenvalue weighted by Crippen LogP contribution is -2.53. The molecule has 0 aromatic heterocycles. The molecule has 0 saturated carbocycles. The predicted molar refractivity (Wildman–Crippen MR) is 91.5 cm³/mol. The summed E-state index contributed by atoms with van der Waals surface area (Å²) in [6, 6.07) is 12.1. The van der Waals surface area contributed by atoms with Gasteiger partial charge in [-0.15, -0.1) is 0 Å². The highest BCUT2D eigenvalue weighted by Crippen LogP contribution is 2.23. The smallest absolute Gasteiger partial charge is 0.0449 e. The summed E-state index contributed by atoms with van der Waals surface area (Å²) in [6.45, 7) is 12.8. The molecular weight excluding hydrogens is 256 g/mol. The standard InChI is InChI=1S/C19H32N2/c1-15(2)10-11-21-14-19(17-8-6-5-7-9-17)20-13-18(21)12-16(3)4/h5-9,15-16,18-20H,10-14H2,1-4H3. The first-order valence-electron chi connectivity index (χ1n) is 8.58. The van der Waals surface area contributed by atoms with E-state index < -0.39 is 0 Å². The Morgan fingerprint density at radius 3 is 2.43 bits per heavy atom. The molecular formula is C19H32N2. The van der Waals surface area contributed by atoms with E-state index in [0.717, 1.165) is 24.9 Å². The summed E-state index contributed by atoms with van der Waals surface area (Å²) in [5.74, 6) is 1.56. The van der Waals surface area contributed by atoms with Crippen LogP contribution in [-0.2, 0) is 0 Å². The maximum absolute atomic E-state index is 3.77. The van der Waals surface area contributed by atoms with Crippen molar-refractivity contribution < 1.29 is 0 Å². The first-order chi connectivity index (χ1) is 10.1. The van der Waals surface area contributed by atoms with E-state index in [-0.39, 0.29) is 0 Å². The van der Waals surface area contributed by atoms with E-state index in [1.54, 1.807) is 0 Å². The number of piperazine rings is 1. The lowest BCUT2D eigenvalue weighted by atomic mass is 9.95. The fourth-order valence-electron chi connectivity index (χ4n) is 3.24. The minimum absolute atomic E-state index is 0.488. The van der Waals surface area contributed by atoms with Crippen LogP contribution < -0.4 is 5.32 Å². The Morgan fingerprint density at radius 2 is 1.81 bits per heavy atom. The van der Waals surface area contributed by atoms with Crippen LogP contribution in [0.2, 0.25) is 0 Å². The van der Waals surface area contributed by atoms with Gasteiger partial charge < -0.3 is 5.32 Å². The van der Waals surface area contributed by atoms with Crippen LogP contribution in [0.4, 0.5) is 0 Å². The second kappa shape index (κ2) is 7.95. The van der Waals surface area contributed by atoms with Gasteiger partial charge in [0.2, 0.25) is 0 Å². The van der Waals surface area contributed by atoms with Gasteiger partial charge in [-0.2, -0.15) is 0 Å². The van der Waals surface area contributed by atoms with E-state index in [1.165, 1.54) is 24.9 Å². The van der Waals surface area contributed by atoms with Crippen LogP contribution in [0.15, 0.2) is 30.3 Å². The van der Waals surface area contributed by atoms with E-state index in [1.807, 2.05) is 0 Å². The van der Waals surface area contributed by atoms with Crippen molar-refractivity contribution in [3.05, 3.63) is 35.9 Å². The molecule has 1 aromatic rings. The molecule has 0 bridgehead atoms. The molecule has 2 rings (SSSR count). The number of hydrogen-bond acceptors (Lipinski definition) is 2. The summed E-state index contributed by atoms with van der Waals surface area (Å²) < 4.78 is 0. The Balaban J connectivity index is 2.01. The molecule has 0 radical (unpaired) electrons. The zero-order valence-corrected chi connectivity index (χ0v) is 14.2. The van der Waals surface area contributed by atoms with Gasteiger partial charge in [-0.3, -0.25) is 4.90 Å². The minimum Gasteiger partial charge on any atom is -0.307 e. The Morgan fingerprint density at radius 1 is 1.10 bits per heavy atom. The van der Waals surface area contributed by atoms with Gasteiger partial charge in [0.15, 0.2) is 0 Å². The maximum atomic E-state index is 3.77. The van der Waals surface area contributed by atoms with Gasteiger partial charge in [0.1, 0.15) is 0 Å². The molecule has 0 aliphatic carbocycles. The monoisotopic (exact) mass is 288 g/mol. The predicted octanol–water partition coefficient (Wildman–Crippen LogP) is 4.09. The number of nitrogens with zero attached hydrogens (tertiary/aromatic N) is 1. The quantitative estimate of drug-likeness (QED) is 0.848. The third-order valence-corrected chi connectivity index (χ3v) is 4.47. The summed E-state index contributed by atoms with van der Waals surface area (Å²) in [4.78, 5) is 2.73. The van der Waals surface area contributed by atoms with Gasteiger partial charge in [0, 0.05) is 25.2 Å². The molecule has 2 heteroatoms. The van der Waals surface area contributed by atoms with Gasteiger partial charge in [-0.05, 0) is 36.8 Å². The molecule has 2 atom stereocenters. The number of benzene rings is 1. The van der Waals surface area contributed by atoms with Gasteiger partial charge in [0.05, 0.1) is 0 Å². The molecule has 1 fully saturated rings. The molecule has 1 heterocycles. The minimum atomic E-state index is 0.488. The van der Waals surface area contributed by atoms with Crippen molar-refractivity contribution in [2.75, 3.05) is 19.6 Å². The van der Waals surface area contributed by atoms with E-state index in [2.05, 4.69) is 68.2 Å². The van der Waals surface area contributed by atoms with Crippen LogP contribution in [0.1, 0.15) is 52.1 Å². The fourth-order valence-corrected chi connectivity index (χ4v) is 3.24. The lowest BCUT2D eigenvalue weighted by Gasteiger charge is -2.41. The molecule has 1 aliphatic heterocycles. The van der Waals surface area contributed by atoms with E-state index in [9.17, 15) is 0 Å². The summed E-state index contributed by atoms with van der Waals surface area (Å²) in [6.07, 6.45) is 2.60. The zero-order valence-electron chi connectivity index (χ0n) is 14.2. The molecule has 1 saturated heterocycles. The fraction of sp³-hybridized carbons (Fsp3) is 0.684. The molecule has 1 aliphatic rings. The highest BCUT2D eigenvalue weighted by atomic mass is 15.2. The number of nitrogens with one attached hydrogen (secondary N) is 1. The highest BCUT2D eigenvalue weighted by Gasteiger charge is 2.28. The van der Waals surface area contributed by atoms with Crippen molar-refractivity contribution in [2.24, 2.45) is 11.8 Å². The molecule has 1 aromatic carbocycles. The molecule has 0 amide bonds. The summed E-state index contributed by atoms with van der Waals surface area (Å²) in [5.41, 5.74) is 1.43. The Hall–Kier alpha value is -0.860. The van der Waals surface area contributed by atoms with Crippen LogP contribution in [0, 0.1) is 11.8 Å². The second-order valence-corrected chi connectivity index (χ2v) is 7.33. The molecule has 1 N–H and O–H groups in total. The summed E-state index contributed by atoms with van der Waals surface area (Å²) in [5, 5.41) is 3.77. The van der Waals surface area contributed by atoms with Crippen molar-refractivity contribution in [1.82, 2.24) is 10.2 Å². The summed E-state index contributed by atoms with van der Waals surface area (Å²) >= 11 is 0. The van der Waals surface area contributed by atoms with Crippen molar-refractivity contribution in [1.29, 1.82) is 0 Å². The zero-order chi connectivity index (χ0) is 15.2. The Labute approximate surface area is 130 Å². The molecule has 21 heavy (non-hydrogen) atoms. The maximum Gasteiger partial charge on any atom is 0.0449 e. The average molecular weight is 288 g/mol. The molecule has 2 nitrogen and oxygen atoms in total. The summed E-state index contributed by atoms with van der Waals surface area (Å²) in [7, 11) is 0. The van der Waals surface area contributed by atoms with Crippen molar-refractivity contribution in [2.45, 2.75) is 52.6 Å². The SMILES string of the molecule is CC(C)CCN1CC(c2ccccc2)NCC1CC(C)C. The lowest BCUT2D eigenvalue weighted by molar-refractivity contribution is 0.108. The van der Waals surface area contributed by atoms with E-state index in [4.69, 9.17) is 0 Å². The highest BCUT2D eigenvalue weighted by molar-refractivity contribution is 5.20. The van der Waals surface area contributed by atoms with Gasteiger partial charge in [0.25, 0.3) is 0 Å². The van der Waals surface area contributed by atoms with Crippen LogP contribution in [0.3, 0.4) is 0 Å². The Bertz CT molecular complexity index is 399. The first kappa shape index (κ1) is 16.5. The van der Waals surface area contributed by atoms with Crippen LogP contribution in [0.25, 0.3) is 0 Å². The first-order valence-corrected chi connectivity index (χ1v) is 8.58. The largest absolute Gasteiger partial charge is 0.307 e. The topological polar surface area (TPSA) is 15.3 Å². The number of hydrogen-bond donors (Lipinski definition) is 1. The van der Waals surface area contributed by atoms with Crippen LogP contribution in [0.5, 0.6) is 0 Å². The average Bonchev–Trinajstić information content (AvgIpc) is 2.46. The van der Waals surface area contributed by atoms with Crippen LogP contribution in [-0.4, -0.2) is 30.6 Å². The normalized spacial score (nSPS) is 23.9. The van der Waals surface area contributed by atoms with E-state index in [0.29, 0.717) is 12.1 Å². The van der Waals surface area contributed by atoms with Crippen molar-refractivity contribution >= 4 is 0 Å². The van der Waals surface area contributed by atoms with Crippen molar-refractivity contribution in [3.8, 4) is 0 Å². The number of rotatable bonds is 6. The van der Waals surface area contributed by atoms with Crippen LogP contribution >= 0.6 is 0 Å². The molecule has 0 spiro atoms. The van der Waals surface area contributed by atoms with Crippen molar-refractivity contribution in [3.63, 3.8) is 0 Å². The van der Waals surface area contributed by atoms with E-state index >= 15 is 0 Å². The molecule has 2 unspecified atom stereocenters. The van der Waals surface area contributed by atoms with Gasteiger partial charge >= 0.3 is 0 Å². The molecule has 118 valence electrons. The van der Waals surface area contributed by atoms with Gasteiger partial charge in [-0.25, -0.2) is 0 Å².